The molecule has 0 saturated carbocycles. The van der Waals surface area contributed by atoms with Crippen molar-refractivity contribution in [2.24, 2.45) is 5.92 Å². The largest absolute Gasteiger partial charge is 0.375 e. The highest BCUT2D eigenvalue weighted by molar-refractivity contribution is 6.01. The summed E-state index contributed by atoms with van der Waals surface area (Å²) in [6.07, 6.45) is 2.35. The highest BCUT2D eigenvalue weighted by Crippen LogP contribution is 2.29. The first-order valence-corrected chi connectivity index (χ1v) is 12.2. The minimum absolute atomic E-state index is 0.0296. The van der Waals surface area contributed by atoms with Crippen LogP contribution < -0.4 is 15.5 Å². The van der Waals surface area contributed by atoms with Crippen LogP contribution in [0.15, 0.2) is 12.1 Å². The molecule has 3 fully saturated rings. The number of piperidine rings is 2. The summed E-state index contributed by atoms with van der Waals surface area (Å²) in [7, 11) is 1.52. The molecule has 3 saturated heterocycles. The van der Waals surface area contributed by atoms with Crippen molar-refractivity contribution in [3.63, 3.8) is 0 Å². The van der Waals surface area contributed by atoms with Crippen LogP contribution in [0.1, 0.15) is 25.7 Å². The van der Waals surface area contributed by atoms with Crippen molar-refractivity contribution in [3.8, 4) is 0 Å². The molecule has 9 nitrogen and oxygen atoms in total. The number of hydrogen-bond donors (Lipinski definition) is 2. The number of benzene rings is 1. The third-order valence-electron chi connectivity index (χ3n) is 7.04. The van der Waals surface area contributed by atoms with Crippen molar-refractivity contribution in [2.45, 2.75) is 31.7 Å². The van der Waals surface area contributed by atoms with Crippen LogP contribution in [-0.4, -0.2) is 93.1 Å². The van der Waals surface area contributed by atoms with E-state index in [0.29, 0.717) is 32.1 Å². The maximum absolute atomic E-state index is 14.9. The SMILES string of the molecule is COCC(=O)N1CCC(CN2CCN(c3c(F)cc(NC4CCC(=O)NC4=O)cc3F)CC2)CC1. The number of ether oxygens (including phenoxy) is 1. The highest BCUT2D eigenvalue weighted by atomic mass is 19.1. The number of anilines is 2. The molecule has 0 bridgehead atoms. The number of hydrogen-bond acceptors (Lipinski definition) is 7. The van der Waals surface area contributed by atoms with E-state index in [2.05, 4.69) is 15.5 Å². The van der Waals surface area contributed by atoms with Gasteiger partial charge in [0.25, 0.3) is 0 Å². The Bertz CT molecular complexity index is 923. The van der Waals surface area contributed by atoms with Gasteiger partial charge >= 0.3 is 0 Å². The molecule has 192 valence electrons. The molecule has 0 aromatic heterocycles. The summed E-state index contributed by atoms with van der Waals surface area (Å²) in [6, 6.07) is 1.70. The zero-order chi connectivity index (χ0) is 24.9. The molecule has 3 aliphatic rings. The first-order chi connectivity index (χ1) is 16.8. The van der Waals surface area contributed by atoms with Crippen LogP contribution in [0.4, 0.5) is 20.2 Å². The summed E-state index contributed by atoms with van der Waals surface area (Å²) in [4.78, 5) is 41.1. The molecule has 3 amide bonds. The fourth-order valence-electron chi connectivity index (χ4n) is 5.08. The van der Waals surface area contributed by atoms with Gasteiger partial charge < -0.3 is 19.9 Å². The molecule has 1 atom stereocenters. The molecule has 35 heavy (non-hydrogen) atoms. The Morgan fingerprint density at radius 1 is 1.06 bits per heavy atom. The van der Waals surface area contributed by atoms with E-state index in [1.807, 2.05) is 4.90 Å². The number of amides is 3. The summed E-state index contributed by atoms with van der Waals surface area (Å²) >= 11 is 0. The number of nitrogens with zero attached hydrogens (tertiary/aromatic N) is 3. The van der Waals surface area contributed by atoms with Gasteiger partial charge in [0.2, 0.25) is 17.7 Å². The molecule has 0 radical (unpaired) electrons. The molecular formula is C24H33F2N5O4. The third-order valence-corrected chi connectivity index (χ3v) is 7.04. The van der Waals surface area contributed by atoms with E-state index in [9.17, 15) is 23.2 Å². The molecular weight excluding hydrogens is 460 g/mol. The number of methoxy groups -OCH3 is 1. The van der Waals surface area contributed by atoms with Crippen LogP contribution in [0.25, 0.3) is 0 Å². The molecule has 0 aliphatic carbocycles. The Morgan fingerprint density at radius 3 is 2.31 bits per heavy atom. The maximum atomic E-state index is 14.9. The number of imide groups is 1. The number of carbonyl (C=O) groups is 3. The minimum atomic E-state index is -0.703. The van der Waals surface area contributed by atoms with Crippen LogP contribution in [0.3, 0.4) is 0 Å². The Labute approximate surface area is 203 Å². The van der Waals surface area contributed by atoms with Crippen molar-refractivity contribution in [1.29, 1.82) is 0 Å². The van der Waals surface area contributed by atoms with Gasteiger partial charge in [0, 0.05) is 65.0 Å². The standard InChI is InChI=1S/C24H33F2N5O4/c1-35-15-22(33)30-6-4-16(5-7-30)14-29-8-10-31(11-9-29)23-18(25)12-17(13-19(23)26)27-20-2-3-21(32)28-24(20)34/h12-13,16,20,27H,2-11,14-15H2,1H3,(H,28,32,34). The smallest absolute Gasteiger partial charge is 0.249 e. The van der Waals surface area contributed by atoms with E-state index < -0.39 is 23.6 Å². The number of carbonyl (C=O) groups excluding carboxylic acids is 3. The zero-order valence-electron chi connectivity index (χ0n) is 20.0. The fraction of sp³-hybridized carbons (Fsp3) is 0.625. The number of nitrogens with one attached hydrogen (secondary N) is 2. The van der Waals surface area contributed by atoms with E-state index in [1.165, 1.54) is 19.2 Å². The molecule has 3 aliphatic heterocycles. The summed E-state index contributed by atoms with van der Waals surface area (Å²) in [5.74, 6) is -1.67. The van der Waals surface area contributed by atoms with Gasteiger partial charge in [-0.25, -0.2) is 8.78 Å². The van der Waals surface area contributed by atoms with E-state index in [4.69, 9.17) is 4.74 Å². The lowest BCUT2D eigenvalue weighted by molar-refractivity contribution is -0.137. The second-order valence-electron chi connectivity index (χ2n) is 9.48. The highest BCUT2D eigenvalue weighted by Gasteiger charge is 2.29. The maximum Gasteiger partial charge on any atom is 0.249 e. The molecule has 1 unspecified atom stereocenters. The normalized spacial score (nSPS) is 22.3. The monoisotopic (exact) mass is 493 g/mol. The summed E-state index contributed by atoms with van der Waals surface area (Å²) in [6.45, 7) is 4.95. The van der Waals surface area contributed by atoms with Crippen molar-refractivity contribution >= 4 is 29.1 Å². The average molecular weight is 494 g/mol. The first kappa shape index (κ1) is 25.3. The van der Waals surface area contributed by atoms with Gasteiger partial charge in [-0.3, -0.25) is 24.6 Å². The lowest BCUT2D eigenvalue weighted by Gasteiger charge is -2.39. The molecule has 2 N–H and O–H groups in total. The molecule has 3 heterocycles. The van der Waals surface area contributed by atoms with Gasteiger partial charge in [0.05, 0.1) is 0 Å². The van der Waals surface area contributed by atoms with E-state index >= 15 is 0 Å². The summed E-state index contributed by atoms with van der Waals surface area (Å²) < 4.78 is 34.7. The first-order valence-electron chi connectivity index (χ1n) is 12.2. The molecule has 1 aromatic rings. The van der Waals surface area contributed by atoms with Crippen molar-refractivity contribution in [2.75, 3.05) is 69.7 Å². The lowest BCUT2D eigenvalue weighted by Crippen LogP contribution is -2.49. The van der Waals surface area contributed by atoms with Gasteiger partial charge in [0.15, 0.2) is 11.6 Å². The number of likely N-dealkylation sites (tertiary alicyclic amines) is 1. The van der Waals surface area contributed by atoms with Crippen LogP contribution >= 0.6 is 0 Å². The molecule has 4 rings (SSSR count). The van der Waals surface area contributed by atoms with Gasteiger partial charge in [-0.05, 0) is 37.3 Å². The number of rotatable bonds is 7. The van der Waals surface area contributed by atoms with Gasteiger partial charge in [0.1, 0.15) is 18.3 Å². The number of halogens is 2. The van der Waals surface area contributed by atoms with Gasteiger partial charge in [-0.2, -0.15) is 0 Å². The Morgan fingerprint density at radius 2 is 1.71 bits per heavy atom. The quantitative estimate of drug-likeness (QED) is 0.551. The predicted molar refractivity (Wildman–Crippen MR) is 126 cm³/mol. The Kier molecular flexibility index (Phi) is 8.17. The van der Waals surface area contributed by atoms with Crippen LogP contribution in [0.5, 0.6) is 0 Å². The average Bonchev–Trinajstić information content (AvgIpc) is 2.82. The Hall–Kier alpha value is -2.79. The fourth-order valence-corrected chi connectivity index (χ4v) is 5.08. The second-order valence-corrected chi connectivity index (χ2v) is 9.48. The third kappa shape index (κ3) is 6.26. The van der Waals surface area contributed by atoms with E-state index in [-0.39, 0.29) is 42.6 Å². The lowest BCUT2D eigenvalue weighted by atomic mass is 9.96. The van der Waals surface area contributed by atoms with Crippen molar-refractivity contribution < 1.29 is 27.9 Å². The van der Waals surface area contributed by atoms with Crippen LogP contribution in [0, 0.1) is 17.6 Å². The van der Waals surface area contributed by atoms with Crippen LogP contribution in [-0.2, 0) is 19.1 Å². The van der Waals surface area contributed by atoms with Gasteiger partial charge in [-0.15, -0.1) is 0 Å². The predicted octanol–water partition coefficient (Wildman–Crippen LogP) is 1.19. The number of piperazine rings is 1. The Balaban J connectivity index is 1.27. The second kappa shape index (κ2) is 11.3. The molecule has 0 spiro atoms. The molecule has 11 heteroatoms. The summed E-state index contributed by atoms with van der Waals surface area (Å²) in [5.41, 5.74) is 0.121. The van der Waals surface area contributed by atoms with Crippen molar-refractivity contribution in [3.05, 3.63) is 23.8 Å². The minimum Gasteiger partial charge on any atom is -0.375 e. The summed E-state index contributed by atoms with van der Waals surface area (Å²) in [5, 5.41) is 5.05. The van der Waals surface area contributed by atoms with E-state index in [1.54, 1.807) is 4.90 Å². The topological polar surface area (TPSA) is 94.2 Å². The van der Waals surface area contributed by atoms with Crippen LogP contribution in [0.2, 0.25) is 0 Å². The zero-order valence-corrected chi connectivity index (χ0v) is 20.0. The van der Waals surface area contributed by atoms with E-state index in [0.717, 1.165) is 32.5 Å². The van der Waals surface area contributed by atoms with Crippen molar-refractivity contribution in [1.82, 2.24) is 15.1 Å². The van der Waals surface area contributed by atoms with Gasteiger partial charge in [-0.1, -0.05) is 0 Å². The molecule has 1 aromatic carbocycles.